The lowest BCUT2D eigenvalue weighted by molar-refractivity contribution is -0.193. The van der Waals surface area contributed by atoms with Gasteiger partial charge in [-0.15, -0.1) is 0 Å². The number of aromatic nitrogens is 3. The molecule has 2 fully saturated rings. The molecule has 4 rings (SSSR count). The number of methoxy groups -OCH3 is 1. The maximum absolute atomic E-state index is 13.8. The van der Waals surface area contributed by atoms with E-state index < -0.39 is 30.1 Å². The first-order valence-corrected chi connectivity index (χ1v) is 10.8. The molecule has 3 atom stereocenters. The number of alkyl halides is 6. The molecule has 0 bridgehead atoms. The number of fused-ring (bicyclic) bond motifs is 1. The molecule has 18 heteroatoms. The lowest BCUT2D eigenvalue weighted by Crippen LogP contribution is -2.52. The van der Waals surface area contributed by atoms with Gasteiger partial charge in [-0.3, -0.25) is 0 Å². The van der Waals surface area contributed by atoms with Crippen LogP contribution >= 0.6 is 0 Å². The van der Waals surface area contributed by atoms with Crippen LogP contribution in [-0.2, 0) is 14.3 Å². The van der Waals surface area contributed by atoms with Gasteiger partial charge >= 0.3 is 24.3 Å². The van der Waals surface area contributed by atoms with Crippen molar-refractivity contribution in [2.75, 3.05) is 25.2 Å². The van der Waals surface area contributed by atoms with Gasteiger partial charge in [0, 0.05) is 18.8 Å². The van der Waals surface area contributed by atoms with Crippen LogP contribution in [0.5, 0.6) is 11.8 Å². The highest BCUT2D eigenvalue weighted by atomic mass is 19.4. The molecule has 0 unspecified atom stereocenters. The standard InChI is InChI=1S/C17H19FN4O3.2C2HF3O2/c1-23-15-9-14(20-10-21-15)22-7-8-24-16-12(22)4-5-13(16)25-17-11(18)3-2-6-19-17;2*3-2(4,5)1(6)7/h2-3,6,9-10,12-13,16H,4-5,7-8H2,1H3;2*(H,6,7)/t12-,13+,16+;;/m0../s1. The lowest BCUT2D eigenvalue weighted by Gasteiger charge is -2.39. The molecule has 2 aromatic rings. The molecule has 1 saturated heterocycles. The Morgan fingerprint density at radius 3 is 2.21 bits per heavy atom. The van der Waals surface area contributed by atoms with E-state index in [0.717, 1.165) is 25.2 Å². The zero-order chi connectivity index (χ0) is 29.4. The fourth-order valence-electron chi connectivity index (χ4n) is 3.53. The largest absolute Gasteiger partial charge is 0.490 e. The molecule has 0 amide bonds. The van der Waals surface area contributed by atoms with Gasteiger partial charge in [0.1, 0.15) is 24.4 Å². The molecule has 2 aromatic heterocycles. The fourth-order valence-corrected chi connectivity index (χ4v) is 3.53. The summed E-state index contributed by atoms with van der Waals surface area (Å²) in [6.45, 7) is 1.28. The Bertz CT molecular complexity index is 1100. The van der Waals surface area contributed by atoms with Crippen molar-refractivity contribution in [2.45, 2.75) is 43.4 Å². The number of halogens is 7. The first-order chi connectivity index (χ1) is 18.1. The minimum absolute atomic E-state index is 0.0255. The number of aliphatic carboxylic acids is 2. The predicted octanol–water partition coefficient (Wildman–Crippen LogP) is 3.10. The monoisotopic (exact) mass is 574 g/mol. The van der Waals surface area contributed by atoms with Crippen molar-refractivity contribution in [2.24, 2.45) is 0 Å². The molecule has 2 N–H and O–H groups in total. The second kappa shape index (κ2) is 13.2. The molecule has 1 saturated carbocycles. The van der Waals surface area contributed by atoms with Crippen molar-refractivity contribution >= 4 is 17.8 Å². The summed E-state index contributed by atoms with van der Waals surface area (Å²) in [5, 5.41) is 14.2. The summed E-state index contributed by atoms with van der Waals surface area (Å²) < 4.78 is 94.2. The number of morpholine rings is 1. The van der Waals surface area contributed by atoms with E-state index in [9.17, 15) is 30.7 Å². The third-order valence-corrected chi connectivity index (χ3v) is 5.14. The van der Waals surface area contributed by atoms with Crippen LogP contribution in [0.2, 0.25) is 0 Å². The average molecular weight is 574 g/mol. The number of ether oxygens (including phenoxy) is 3. The van der Waals surface area contributed by atoms with E-state index in [1.54, 1.807) is 13.2 Å². The predicted molar refractivity (Wildman–Crippen MR) is 115 cm³/mol. The van der Waals surface area contributed by atoms with E-state index in [1.165, 1.54) is 18.6 Å². The number of carbonyl (C=O) groups is 2. The second-order valence-electron chi connectivity index (χ2n) is 7.64. The Hall–Kier alpha value is -3.96. The fraction of sp³-hybridized carbons (Fsp3) is 0.476. The molecule has 3 heterocycles. The maximum atomic E-state index is 13.8. The number of nitrogens with zero attached hydrogens (tertiary/aromatic N) is 4. The zero-order valence-corrected chi connectivity index (χ0v) is 19.8. The first kappa shape index (κ1) is 31.3. The van der Waals surface area contributed by atoms with E-state index in [1.807, 2.05) is 6.07 Å². The van der Waals surface area contributed by atoms with Crippen molar-refractivity contribution in [1.29, 1.82) is 0 Å². The summed E-state index contributed by atoms with van der Waals surface area (Å²) in [5.41, 5.74) is 0. The molecule has 2 aliphatic rings. The van der Waals surface area contributed by atoms with E-state index in [-0.39, 0.29) is 24.1 Å². The van der Waals surface area contributed by atoms with E-state index in [0.29, 0.717) is 12.5 Å². The van der Waals surface area contributed by atoms with Crippen LogP contribution in [0.3, 0.4) is 0 Å². The summed E-state index contributed by atoms with van der Waals surface area (Å²) in [6.07, 6.45) is -5.91. The first-order valence-electron chi connectivity index (χ1n) is 10.8. The van der Waals surface area contributed by atoms with Gasteiger partial charge in [-0.2, -0.15) is 26.3 Å². The lowest BCUT2D eigenvalue weighted by atomic mass is 10.1. The van der Waals surface area contributed by atoms with Crippen LogP contribution in [-0.4, -0.2) is 88.0 Å². The van der Waals surface area contributed by atoms with E-state index >= 15 is 0 Å². The van der Waals surface area contributed by atoms with Crippen molar-refractivity contribution in [3.63, 3.8) is 0 Å². The Labute approximate surface area is 215 Å². The third-order valence-electron chi connectivity index (χ3n) is 5.14. The summed E-state index contributed by atoms with van der Waals surface area (Å²) in [7, 11) is 1.58. The second-order valence-corrected chi connectivity index (χ2v) is 7.64. The molecular formula is C21H21F7N4O7. The van der Waals surface area contributed by atoms with E-state index in [4.69, 9.17) is 34.0 Å². The summed E-state index contributed by atoms with van der Waals surface area (Å²) >= 11 is 0. The molecular weight excluding hydrogens is 553 g/mol. The molecule has 0 radical (unpaired) electrons. The number of carboxylic acid groups (broad SMARTS) is 2. The van der Waals surface area contributed by atoms with Gasteiger partial charge in [0.2, 0.25) is 5.88 Å². The minimum atomic E-state index is -5.08. The highest BCUT2D eigenvalue weighted by molar-refractivity contribution is 5.73. The van der Waals surface area contributed by atoms with Crippen molar-refractivity contribution in [3.8, 4) is 11.8 Å². The Balaban J connectivity index is 0.000000317. The van der Waals surface area contributed by atoms with Crippen LogP contribution in [0.25, 0.3) is 0 Å². The SMILES string of the molecule is COc1cc(N2CCO[C@H]3[C@H](Oc4ncccc4F)CC[C@@H]32)ncn1.O=C(O)C(F)(F)F.O=C(O)C(F)(F)F. The molecule has 0 aromatic carbocycles. The normalized spacial score (nSPS) is 20.4. The van der Waals surface area contributed by atoms with Gasteiger partial charge in [-0.1, -0.05) is 0 Å². The molecule has 1 aliphatic heterocycles. The molecule has 39 heavy (non-hydrogen) atoms. The minimum Gasteiger partial charge on any atom is -0.481 e. The number of rotatable bonds is 4. The smallest absolute Gasteiger partial charge is 0.481 e. The zero-order valence-electron chi connectivity index (χ0n) is 19.8. The Morgan fingerprint density at radius 2 is 1.67 bits per heavy atom. The van der Waals surface area contributed by atoms with Gasteiger partial charge in [-0.05, 0) is 25.0 Å². The van der Waals surface area contributed by atoms with Crippen molar-refractivity contribution in [1.82, 2.24) is 15.0 Å². The quantitative estimate of drug-likeness (QED) is 0.520. The topological polar surface area (TPSA) is 144 Å². The summed E-state index contributed by atoms with van der Waals surface area (Å²) in [6, 6.07) is 4.82. The molecule has 1 aliphatic carbocycles. The van der Waals surface area contributed by atoms with E-state index in [2.05, 4.69) is 19.9 Å². The Kier molecular flexibility index (Phi) is 10.6. The van der Waals surface area contributed by atoms with Gasteiger partial charge in [0.05, 0.1) is 19.8 Å². The van der Waals surface area contributed by atoms with Gasteiger partial charge in [0.15, 0.2) is 5.82 Å². The number of hydrogen-bond acceptors (Lipinski definition) is 9. The highest BCUT2D eigenvalue weighted by Crippen LogP contribution is 2.35. The molecule has 11 nitrogen and oxygen atoms in total. The van der Waals surface area contributed by atoms with Gasteiger partial charge < -0.3 is 29.3 Å². The summed E-state index contributed by atoms with van der Waals surface area (Å²) in [4.78, 5) is 32.4. The van der Waals surface area contributed by atoms with Crippen LogP contribution in [0.15, 0.2) is 30.7 Å². The van der Waals surface area contributed by atoms with Crippen molar-refractivity contribution in [3.05, 3.63) is 36.5 Å². The average Bonchev–Trinajstić information content (AvgIpc) is 3.28. The number of pyridine rings is 1. The maximum Gasteiger partial charge on any atom is 0.490 e. The number of anilines is 1. The third kappa shape index (κ3) is 9.08. The molecule has 216 valence electrons. The van der Waals surface area contributed by atoms with Gasteiger partial charge in [0.25, 0.3) is 5.88 Å². The van der Waals surface area contributed by atoms with Gasteiger partial charge in [-0.25, -0.2) is 28.9 Å². The molecule has 0 spiro atoms. The van der Waals surface area contributed by atoms with Crippen LogP contribution in [0.1, 0.15) is 12.8 Å². The van der Waals surface area contributed by atoms with Crippen LogP contribution < -0.4 is 14.4 Å². The Morgan fingerprint density at radius 1 is 1.05 bits per heavy atom. The summed E-state index contributed by atoms with van der Waals surface area (Å²) in [5.74, 6) is -4.62. The van der Waals surface area contributed by atoms with Crippen molar-refractivity contribution < 1.29 is 64.7 Å². The van der Waals surface area contributed by atoms with Crippen LogP contribution in [0.4, 0.5) is 36.6 Å². The van der Waals surface area contributed by atoms with Crippen LogP contribution in [0, 0.1) is 5.82 Å². The number of hydrogen-bond donors (Lipinski definition) is 2. The highest BCUT2D eigenvalue weighted by Gasteiger charge is 2.45. The number of carboxylic acids is 2.